The molecule has 0 spiro atoms. The number of aliphatic imine (C=N–C) groups is 1. The Morgan fingerprint density at radius 3 is 2.76 bits per heavy atom. The summed E-state index contributed by atoms with van der Waals surface area (Å²) < 4.78 is 0.873. The lowest BCUT2D eigenvalue weighted by Crippen LogP contribution is -2.38. The summed E-state index contributed by atoms with van der Waals surface area (Å²) in [5, 5.41) is 6.18. The molecule has 1 unspecified atom stereocenters. The number of rotatable bonds is 6. The molecule has 0 bridgehead atoms. The zero-order valence-corrected chi connectivity index (χ0v) is 17.4. The van der Waals surface area contributed by atoms with Crippen LogP contribution in [0.5, 0.6) is 0 Å². The van der Waals surface area contributed by atoms with Gasteiger partial charge in [-0.15, -0.1) is 0 Å². The van der Waals surface area contributed by atoms with Gasteiger partial charge in [0.1, 0.15) is 11.9 Å². The van der Waals surface area contributed by atoms with Crippen molar-refractivity contribution in [2.24, 2.45) is 4.99 Å². The molecule has 1 aromatic heterocycles. The van der Waals surface area contributed by atoms with E-state index in [1.54, 1.807) is 12.5 Å². The standard InChI is InChI=1S/C17H27IN6O/c1-11(2)24(12(3)4)10-21-17-20-9-13(18)15(23-17)22-14-7-5-6-8-19-16(14)25/h9-12,14H,5-8H2,1-4H3,(H,19,25)(H,20,22,23)/b21-10+. The normalized spacial score (nSPS) is 18.5. The van der Waals surface area contributed by atoms with Gasteiger partial charge in [-0.1, -0.05) is 0 Å². The van der Waals surface area contributed by atoms with E-state index in [4.69, 9.17) is 0 Å². The SMILES string of the molecule is CC(C)N(/C=N/c1ncc(I)c(NC2CCCCNC2=O)n1)C(C)C. The van der Waals surface area contributed by atoms with Crippen molar-refractivity contribution < 1.29 is 4.79 Å². The molecule has 1 aliphatic rings. The summed E-state index contributed by atoms with van der Waals surface area (Å²) in [5.41, 5.74) is 0. The Morgan fingerprint density at radius 1 is 1.36 bits per heavy atom. The van der Waals surface area contributed by atoms with E-state index in [9.17, 15) is 4.79 Å². The number of carbonyl (C=O) groups excluding carboxylic acids is 1. The average molecular weight is 458 g/mol. The third kappa shape index (κ3) is 5.79. The molecule has 0 aromatic carbocycles. The van der Waals surface area contributed by atoms with E-state index in [1.165, 1.54) is 0 Å². The van der Waals surface area contributed by atoms with Crippen molar-refractivity contribution in [2.75, 3.05) is 11.9 Å². The summed E-state index contributed by atoms with van der Waals surface area (Å²) >= 11 is 2.17. The van der Waals surface area contributed by atoms with Crippen LogP contribution in [0, 0.1) is 3.57 Å². The molecule has 0 radical (unpaired) electrons. The van der Waals surface area contributed by atoms with Crippen LogP contribution in [0.2, 0.25) is 0 Å². The maximum absolute atomic E-state index is 12.1. The van der Waals surface area contributed by atoms with Crippen LogP contribution in [0.25, 0.3) is 0 Å². The van der Waals surface area contributed by atoms with Crippen molar-refractivity contribution in [2.45, 2.75) is 65.1 Å². The lowest BCUT2D eigenvalue weighted by atomic mass is 10.1. The minimum Gasteiger partial charge on any atom is -0.358 e. The third-order valence-corrected chi connectivity index (χ3v) is 4.87. The summed E-state index contributed by atoms with van der Waals surface area (Å²) in [6.45, 7) is 9.24. The van der Waals surface area contributed by atoms with E-state index in [2.05, 4.69) is 80.8 Å². The highest BCUT2D eigenvalue weighted by molar-refractivity contribution is 14.1. The zero-order valence-electron chi connectivity index (χ0n) is 15.3. The highest BCUT2D eigenvalue weighted by Crippen LogP contribution is 2.20. The predicted octanol–water partition coefficient (Wildman–Crippen LogP) is 2.94. The fraction of sp³-hybridized carbons (Fsp3) is 0.647. The molecule has 1 amide bonds. The molecule has 138 valence electrons. The molecule has 7 nitrogen and oxygen atoms in total. The molecule has 1 saturated heterocycles. The van der Waals surface area contributed by atoms with Crippen LogP contribution in [0.15, 0.2) is 11.2 Å². The monoisotopic (exact) mass is 458 g/mol. The van der Waals surface area contributed by atoms with Crippen LogP contribution in [0.4, 0.5) is 11.8 Å². The molecule has 8 heteroatoms. The Hall–Kier alpha value is -1.45. The van der Waals surface area contributed by atoms with Gasteiger partial charge in [-0.25, -0.2) is 9.98 Å². The van der Waals surface area contributed by atoms with E-state index in [1.807, 2.05) is 0 Å². The number of nitrogens with zero attached hydrogens (tertiary/aromatic N) is 4. The molecule has 1 aromatic rings. The summed E-state index contributed by atoms with van der Waals surface area (Å²) in [6, 6.07) is 0.435. The summed E-state index contributed by atoms with van der Waals surface area (Å²) in [4.78, 5) is 27.5. The molecule has 25 heavy (non-hydrogen) atoms. The molecular weight excluding hydrogens is 431 g/mol. The first-order chi connectivity index (χ1) is 11.9. The largest absolute Gasteiger partial charge is 0.358 e. The number of hydrogen-bond donors (Lipinski definition) is 2. The minimum atomic E-state index is -0.259. The summed E-state index contributed by atoms with van der Waals surface area (Å²) in [7, 11) is 0. The quantitative estimate of drug-likeness (QED) is 0.389. The van der Waals surface area contributed by atoms with Crippen LogP contribution in [0.3, 0.4) is 0 Å². The van der Waals surface area contributed by atoms with Gasteiger partial charge in [0.15, 0.2) is 0 Å². The van der Waals surface area contributed by atoms with Gasteiger partial charge in [-0.05, 0) is 69.5 Å². The van der Waals surface area contributed by atoms with Crippen molar-refractivity contribution in [1.82, 2.24) is 20.2 Å². The van der Waals surface area contributed by atoms with Crippen molar-refractivity contribution in [1.29, 1.82) is 0 Å². The number of halogens is 1. The van der Waals surface area contributed by atoms with Crippen molar-refractivity contribution in [3.05, 3.63) is 9.77 Å². The zero-order chi connectivity index (χ0) is 18.4. The summed E-state index contributed by atoms with van der Waals surface area (Å²) in [6.07, 6.45) is 6.35. The van der Waals surface area contributed by atoms with E-state index < -0.39 is 0 Å². The van der Waals surface area contributed by atoms with E-state index in [0.29, 0.717) is 23.8 Å². The maximum Gasteiger partial charge on any atom is 0.252 e. The van der Waals surface area contributed by atoms with E-state index in [-0.39, 0.29) is 11.9 Å². The van der Waals surface area contributed by atoms with Gasteiger partial charge in [0.25, 0.3) is 5.95 Å². The molecule has 1 fully saturated rings. The van der Waals surface area contributed by atoms with Crippen LogP contribution in [-0.2, 0) is 4.79 Å². The molecular formula is C17H27IN6O. The van der Waals surface area contributed by atoms with Gasteiger partial charge in [0.05, 0.1) is 9.91 Å². The smallest absolute Gasteiger partial charge is 0.252 e. The fourth-order valence-electron chi connectivity index (χ4n) is 2.74. The van der Waals surface area contributed by atoms with Gasteiger partial charge >= 0.3 is 0 Å². The summed E-state index contributed by atoms with van der Waals surface area (Å²) in [5.74, 6) is 1.08. The topological polar surface area (TPSA) is 82.5 Å². The predicted molar refractivity (Wildman–Crippen MR) is 109 cm³/mol. The van der Waals surface area contributed by atoms with Crippen molar-refractivity contribution >= 4 is 46.6 Å². The maximum atomic E-state index is 12.1. The van der Waals surface area contributed by atoms with Crippen molar-refractivity contribution in [3.63, 3.8) is 0 Å². The Labute approximate surface area is 163 Å². The second-order valence-corrected chi connectivity index (χ2v) is 7.89. The average Bonchev–Trinajstić information content (AvgIpc) is 2.74. The lowest BCUT2D eigenvalue weighted by Gasteiger charge is -2.27. The fourth-order valence-corrected chi connectivity index (χ4v) is 3.16. The Morgan fingerprint density at radius 2 is 2.08 bits per heavy atom. The number of aromatic nitrogens is 2. The second kappa shape index (κ2) is 9.30. The molecule has 0 aliphatic carbocycles. The Bertz CT molecular complexity index is 611. The molecule has 1 atom stereocenters. The highest BCUT2D eigenvalue weighted by Gasteiger charge is 2.21. The number of nitrogens with one attached hydrogen (secondary N) is 2. The first kappa shape index (κ1) is 19.9. The molecule has 2 rings (SSSR count). The van der Waals surface area contributed by atoms with Crippen molar-refractivity contribution in [3.8, 4) is 0 Å². The number of carbonyl (C=O) groups is 1. The van der Waals surface area contributed by atoms with Crippen LogP contribution >= 0.6 is 22.6 Å². The Kier molecular flexibility index (Phi) is 7.39. The van der Waals surface area contributed by atoms with Gasteiger partial charge in [0, 0.05) is 24.8 Å². The lowest BCUT2D eigenvalue weighted by molar-refractivity contribution is -0.121. The van der Waals surface area contributed by atoms with Gasteiger partial charge < -0.3 is 15.5 Å². The molecule has 2 N–H and O–H groups in total. The van der Waals surface area contributed by atoms with Gasteiger partial charge in [-0.2, -0.15) is 4.98 Å². The Balaban J connectivity index is 2.15. The van der Waals surface area contributed by atoms with E-state index in [0.717, 1.165) is 29.4 Å². The number of amides is 1. The molecule has 1 aliphatic heterocycles. The number of anilines is 1. The van der Waals surface area contributed by atoms with Crippen LogP contribution in [0.1, 0.15) is 47.0 Å². The minimum absolute atomic E-state index is 0.0303. The van der Waals surface area contributed by atoms with Gasteiger partial charge in [-0.3, -0.25) is 4.79 Å². The third-order valence-electron chi connectivity index (χ3n) is 4.08. The van der Waals surface area contributed by atoms with Gasteiger partial charge in [0.2, 0.25) is 5.91 Å². The molecule has 2 heterocycles. The first-order valence-corrected chi connectivity index (χ1v) is 9.84. The molecule has 0 saturated carbocycles. The number of hydrogen-bond acceptors (Lipinski definition) is 5. The first-order valence-electron chi connectivity index (χ1n) is 8.77. The second-order valence-electron chi connectivity index (χ2n) is 6.73. The van der Waals surface area contributed by atoms with Crippen LogP contribution in [-0.4, -0.2) is 51.8 Å². The van der Waals surface area contributed by atoms with E-state index >= 15 is 0 Å². The van der Waals surface area contributed by atoms with Crippen LogP contribution < -0.4 is 10.6 Å². The highest BCUT2D eigenvalue weighted by atomic mass is 127.